The molecule has 0 atom stereocenters. The van der Waals surface area contributed by atoms with Crippen LogP contribution in [0.2, 0.25) is 0 Å². The summed E-state index contributed by atoms with van der Waals surface area (Å²) >= 11 is 0. The molecule has 0 aliphatic heterocycles. The lowest BCUT2D eigenvalue weighted by Crippen LogP contribution is -2.03. The first-order valence-corrected chi connectivity index (χ1v) is 4.80. The van der Waals surface area contributed by atoms with Gasteiger partial charge in [0, 0.05) is 24.0 Å². The smallest absolute Gasteiger partial charge is 0.334 e. The summed E-state index contributed by atoms with van der Waals surface area (Å²) in [4.78, 5) is 21.1. The SMILES string of the molecule is COC(=O)/C(C)=C\Nc1cccc([N+](=O)[O-])c1. The maximum Gasteiger partial charge on any atom is 0.334 e. The minimum absolute atomic E-state index is 0.0147. The first-order chi connectivity index (χ1) is 8.04. The molecular weight excluding hydrogens is 224 g/mol. The van der Waals surface area contributed by atoms with Gasteiger partial charge in [0.05, 0.1) is 17.6 Å². The molecule has 0 fully saturated rings. The Kier molecular flexibility index (Phi) is 4.21. The zero-order chi connectivity index (χ0) is 12.8. The van der Waals surface area contributed by atoms with Gasteiger partial charge < -0.3 is 10.1 Å². The van der Waals surface area contributed by atoms with Gasteiger partial charge in [0.1, 0.15) is 0 Å². The highest BCUT2D eigenvalue weighted by molar-refractivity contribution is 5.88. The third-order valence-electron chi connectivity index (χ3n) is 2.02. The van der Waals surface area contributed by atoms with Crippen molar-refractivity contribution in [2.24, 2.45) is 0 Å². The summed E-state index contributed by atoms with van der Waals surface area (Å²) in [7, 11) is 1.28. The summed E-state index contributed by atoms with van der Waals surface area (Å²) in [6.07, 6.45) is 1.44. The topological polar surface area (TPSA) is 81.5 Å². The molecule has 0 saturated heterocycles. The normalized spacial score (nSPS) is 10.8. The van der Waals surface area contributed by atoms with E-state index in [-0.39, 0.29) is 5.69 Å². The number of rotatable bonds is 4. The second kappa shape index (κ2) is 5.64. The Bertz CT molecular complexity index is 468. The molecule has 0 aromatic heterocycles. The highest BCUT2D eigenvalue weighted by Gasteiger charge is 2.05. The summed E-state index contributed by atoms with van der Waals surface area (Å²) in [5, 5.41) is 13.3. The fourth-order valence-corrected chi connectivity index (χ4v) is 1.12. The number of hydrogen-bond donors (Lipinski definition) is 1. The molecular formula is C11H12N2O4. The van der Waals surface area contributed by atoms with Crippen molar-refractivity contribution in [2.75, 3.05) is 12.4 Å². The summed E-state index contributed by atoms with van der Waals surface area (Å²) < 4.78 is 4.51. The van der Waals surface area contributed by atoms with Crippen LogP contribution in [0.1, 0.15) is 6.92 Å². The van der Waals surface area contributed by atoms with E-state index in [9.17, 15) is 14.9 Å². The van der Waals surface area contributed by atoms with Crippen LogP contribution in [0.5, 0.6) is 0 Å². The van der Waals surface area contributed by atoms with Crippen LogP contribution in [0.3, 0.4) is 0 Å². The lowest BCUT2D eigenvalue weighted by Gasteiger charge is -2.02. The number of ether oxygens (including phenoxy) is 1. The molecule has 0 amide bonds. The number of carbonyl (C=O) groups excluding carboxylic acids is 1. The van der Waals surface area contributed by atoms with Crippen LogP contribution in [-0.2, 0) is 9.53 Å². The number of anilines is 1. The second-order valence-electron chi connectivity index (χ2n) is 3.27. The number of nitrogens with zero attached hydrogens (tertiary/aromatic N) is 1. The van der Waals surface area contributed by atoms with Crippen molar-refractivity contribution in [3.8, 4) is 0 Å². The summed E-state index contributed by atoms with van der Waals surface area (Å²) in [6.45, 7) is 1.58. The van der Waals surface area contributed by atoms with Crippen molar-refractivity contribution in [1.29, 1.82) is 0 Å². The molecule has 17 heavy (non-hydrogen) atoms. The van der Waals surface area contributed by atoms with E-state index < -0.39 is 10.9 Å². The molecule has 0 aliphatic rings. The van der Waals surface area contributed by atoms with E-state index in [1.165, 1.54) is 25.4 Å². The van der Waals surface area contributed by atoms with E-state index in [4.69, 9.17) is 0 Å². The Hall–Kier alpha value is -2.37. The molecule has 1 aromatic rings. The van der Waals surface area contributed by atoms with Gasteiger partial charge >= 0.3 is 5.97 Å². The lowest BCUT2D eigenvalue weighted by atomic mass is 10.2. The Morgan fingerprint density at radius 3 is 2.82 bits per heavy atom. The molecule has 6 heteroatoms. The average molecular weight is 236 g/mol. The second-order valence-corrected chi connectivity index (χ2v) is 3.27. The van der Waals surface area contributed by atoms with Gasteiger partial charge in [0.2, 0.25) is 0 Å². The van der Waals surface area contributed by atoms with Crippen molar-refractivity contribution in [3.05, 3.63) is 46.2 Å². The van der Waals surface area contributed by atoms with Crippen LogP contribution in [0, 0.1) is 10.1 Å². The molecule has 6 nitrogen and oxygen atoms in total. The fraction of sp³-hybridized carbons (Fsp3) is 0.182. The van der Waals surface area contributed by atoms with Gasteiger partial charge in [-0.3, -0.25) is 10.1 Å². The lowest BCUT2D eigenvalue weighted by molar-refractivity contribution is -0.384. The number of carbonyl (C=O) groups is 1. The van der Waals surface area contributed by atoms with Crippen LogP contribution in [-0.4, -0.2) is 18.0 Å². The fourth-order valence-electron chi connectivity index (χ4n) is 1.12. The predicted octanol–water partition coefficient (Wildman–Crippen LogP) is 2.08. The molecule has 0 saturated carbocycles. The van der Waals surface area contributed by atoms with Gasteiger partial charge in [0.25, 0.3) is 5.69 Å². The highest BCUT2D eigenvalue weighted by Crippen LogP contribution is 2.17. The van der Waals surface area contributed by atoms with Gasteiger partial charge in [-0.2, -0.15) is 0 Å². The quantitative estimate of drug-likeness (QED) is 0.374. The molecule has 1 N–H and O–H groups in total. The van der Waals surface area contributed by atoms with Crippen molar-refractivity contribution < 1.29 is 14.5 Å². The molecule has 0 radical (unpaired) electrons. The summed E-state index contributed by atoms with van der Waals surface area (Å²) in [5.74, 6) is -0.456. The van der Waals surface area contributed by atoms with E-state index >= 15 is 0 Å². The van der Waals surface area contributed by atoms with Gasteiger partial charge in [-0.25, -0.2) is 4.79 Å². The number of nitro benzene ring substituents is 1. The molecule has 0 aliphatic carbocycles. The Morgan fingerprint density at radius 1 is 1.53 bits per heavy atom. The first-order valence-electron chi connectivity index (χ1n) is 4.80. The Labute approximate surface area is 98.0 Å². The summed E-state index contributed by atoms with van der Waals surface area (Å²) in [6, 6.07) is 5.99. The van der Waals surface area contributed by atoms with Crippen LogP contribution in [0.25, 0.3) is 0 Å². The number of non-ortho nitro benzene ring substituents is 1. The van der Waals surface area contributed by atoms with Crippen molar-refractivity contribution in [2.45, 2.75) is 6.92 Å². The van der Waals surface area contributed by atoms with Crippen molar-refractivity contribution in [3.63, 3.8) is 0 Å². The number of hydrogen-bond acceptors (Lipinski definition) is 5. The molecule has 90 valence electrons. The minimum atomic E-state index is -0.484. The minimum Gasteiger partial charge on any atom is -0.466 e. The number of methoxy groups -OCH3 is 1. The predicted molar refractivity (Wildman–Crippen MR) is 62.5 cm³/mol. The molecule has 0 bridgehead atoms. The monoisotopic (exact) mass is 236 g/mol. The Morgan fingerprint density at radius 2 is 2.24 bits per heavy atom. The average Bonchev–Trinajstić information content (AvgIpc) is 2.35. The van der Waals surface area contributed by atoms with E-state index in [1.807, 2.05) is 0 Å². The number of benzene rings is 1. The van der Waals surface area contributed by atoms with Crippen LogP contribution >= 0.6 is 0 Å². The number of esters is 1. The first kappa shape index (κ1) is 12.7. The van der Waals surface area contributed by atoms with Gasteiger partial charge in [0.15, 0.2) is 0 Å². The maximum atomic E-state index is 11.1. The zero-order valence-corrected chi connectivity index (χ0v) is 9.47. The Balaban J connectivity index is 2.79. The van der Waals surface area contributed by atoms with E-state index in [0.717, 1.165) is 0 Å². The van der Waals surface area contributed by atoms with E-state index in [0.29, 0.717) is 11.3 Å². The van der Waals surface area contributed by atoms with Crippen molar-refractivity contribution >= 4 is 17.3 Å². The van der Waals surface area contributed by atoms with Crippen LogP contribution < -0.4 is 5.32 Å². The maximum absolute atomic E-state index is 11.1. The summed E-state index contributed by atoms with van der Waals surface area (Å²) in [5.41, 5.74) is 0.889. The third-order valence-corrected chi connectivity index (χ3v) is 2.02. The largest absolute Gasteiger partial charge is 0.466 e. The van der Waals surface area contributed by atoms with Gasteiger partial charge in [-0.05, 0) is 13.0 Å². The van der Waals surface area contributed by atoms with Crippen LogP contribution in [0.15, 0.2) is 36.0 Å². The molecule has 0 spiro atoms. The number of nitrogens with one attached hydrogen (secondary N) is 1. The highest BCUT2D eigenvalue weighted by atomic mass is 16.6. The molecule has 0 unspecified atom stereocenters. The number of nitro groups is 1. The van der Waals surface area contributed by atoms with Gasteiger partial charge in [-0.15, -0.1) is 0 Å². The third kappa shape index (κ3) is 3.60. The van der Waals surface area contributed by atoms with Crippen LogP contribution in [0.4, 0.5) is 11.4 Å². The van der Waals surface area contributed by atoms with E-state index in [2.05, 4.69) is 10.1 Å². The molecule has 0 heterocycles. The van der Waals surface area contributed by atoms with E-state index in [1.54, 1.807) is 19.1 Å². The molecule has 1 aromatic carbocycles. The molecule has 1 rings (SSSR count). The van der Waals surface area contributed by atoms with Gasteiger partial charge in [-0.1, -0.05) is 6.07 Å². The van der Waals surface area contributed by atoms with Crippen molar-refractivity contribution in [1.82, 2.24) is 0 Å². The standard InChI is InChI=1S/C11H12N2O4/c1-8(11(14)17-2)7-12-9-4-3-5-10(6-9)13(15)16/h3-7,12H,1-2H3/b8-7-. The zero-order valence-electron chi connectivity index (χ0n) is 9.47.